The standard InChI is InChI=1S/C41H56O6S2.C32H50O3S2.C9H8O4/c1-25(42)47-33-18-16-15-17-28(33)36(45)46-20-19-40(11,12)32-24-27(23-31(35(32)44)39(8,9)10)49-41(13,14)48-26-21-29(37(2,3)4)34(43)30(22-26)38(5,6)7;1-28(2,3)22-16-20(17-23(26(22)34)29(4,5)6)36-32(12,13)37-21-18-24(30(7,8)9)27(35)25(19-21)31(10,11)14-15-33;1-6(10)13-8-5-3-2-4-7(8)9(11)12/h15-18,21-24,43-44H,19-20H2,1-14H3;16-19,33-35H,14-15H2,1-13H3;2-5H,1H3,(H,11,12). The molecule has 99 heavy (non-hydrogen) atoms. The lowest BCUT2D eigenvalue weighted by Gasteiger charge is -2.32. The Morgan fingerprint density at radius 2 is 0.606 bits per heavy atom. The average Bonchev–Trinajstić information content (AvgIpc) is 0.787. The van der Waals surface area contributed by atoms with Crippen molar-refractivity contribution in [1.29, 1.82) is 0 Å². The van der Waals surface area contributed by atoms with Crippen LogP contribution in [0.3, 0.4) is 0 Å². The van der Waals surface area contributed by atoms with Gasteiger partial charge < -0.3 is 44.8 Å². The van der Waals surface area contributed by atoms with E-state index >= 15 is 0 Å². The predicted molar refractivity (Wildman–Crippen MR) is 411 cm³/mol. The lowest BCUT2D eigenvalue weighted by atomic mass is 9.77. The number of benzene rings is 6. The number of rotatable bonds is 19. The maximum Gasteiger partial charge on any atom is 0.341 e. The first-order valence-electron chi connectivity index (χ1n) is 33.7. The third kappa shape index (κ3) is 24.2. The molecule has 0 aliphatic rings. The Labute approximate surface area is 609 Å². The van der Waals surface area contributed by atoms with Crippen LogP contribution in [-0.2, 0) is 57.6 Å². The number of aliphatic hydroxyl groups excluding tert-OH is 1. The van der Waals surface area contributed by atoms with Crippen molar-refractivity contribution in [2.24, 2.45) is 0 Å². The van der Waals surface area contributed by atoms with Crippen molar-refractivity contribution in [1.82, 2.24) is 0 Å². The van der Waals surface area contributed by atoms with Gasteiger partial charge in [-0.05, 0) is 157 Å². The van der Waals surface area contributed by atoms with Crippen LogP contribution in [0.4, 0.5) is 0 Å². The molecule has 0 aliphatic carbocycles. The number of carboxylic acids is 1. The summed E-state index contributed by atoms with van der Waals surface area (Å²) in [5, 5.41) is 63.7. The van der Waals surface area contributed by atoms with Crippen LogP contribution in [0.5, 0.6) is 34.5 Å². The second-order valence-electron chi connectivity index (χ2n) is 33.8. The number of aromatic hydroxyl groups is 4. The fourth-order valence-corrected chi connectivity index (χ4v) is 16.3. The molecule has 17 heteroatoms. The molecule has 0 radical (unpaired) electrons. The number of aliphatic hydroxyl groups is 1. The van der Waals surface area contributed by atoms with Gasteiger partial charge in [0.1, 0.15) is 45.6 Å². The fraction of sp³-hybridized carbons (Fsp3) is 0.512. The van der Waals surface area contributed by atoms with E-state index in [4.69, 9.17) is 14.6 Å². The van der Waals surface area contributed by atoms with Crippen molar-refractivity contribution >= 4 is 70.9 Å². The minimum absolute atomic E-state index is 0.0160. The molecule has 6 N–H and O–H groups in total. The zero-order valence-corrected chi connectivity index (χ0v) is 67.5. The monoisotopic (exact) mass is 1430 g/mol. The fourth-order valence-electron chi connectivity index (χ4n) is 11.1. The molecule has 0 saturated carbocycles. The van der Waals surface area contributed by atoms with Crippen molar-refractivity contribution in [3.63, 3.8) is 0 Å². The molecule has 6 rings (SSSR count). The molecule has 544 valence electrons. The van der Waals surface area contributed by atoms with Gasteiger partial charge in [0.2, 0.25) is 0 Å². The molecule has 0 bridgehead atoms. The number of hydrogen-bond donors (Lipinski definition) is 6. The number of phenols is 4. The number of carboxylic acid groups (broad SMARTS) is 1. The molecule has 0 heterocycles. The summed E-state index contributed by atoms with van der Waals surface area (Å²) in [6, 6.07) is 29.4. The summed E-state index contributed by atoms with van der Waals surface area (Å²) in [4.78, 5) is 50.0. The average molecular weight is 1440 g/mol. The lowest BCUT2D eigenvalue weighted by molar-refractivity contribution is -0.132. The minimum atomic E-state index is -1.11. The molecule has 6 aromatic rings. The Hall–Kier alpha value is -6.24. The van der Waals surface area contributed by atoms with Crippen LogP contribution in [0.2, 0.25) is 0 Å². The molecule has 0 spiro atoms. The Morgan fingerprint density at radius 3 is 0.869 bits per heavy atom. The van der Waals surface area contributed by atoms with Crippen LogP contribution in [0.25, 0.3) is 0 Å². The third-order valence-electron chi connectivity index (χ3n) is 16.5. The summed E-state index contributed by atoms with van der Waals surface area (Å²) in [5.74, 6) is -1.15. The number of carbonyl (C=O) groups excluding carboxylic acids is 3. The third-order valence-corrected chi connectivity index (χ3v) is 21.4. The summed E-state index contributed by atoms with van der Waals surface area (Å²) >= 11 is 7.08. The van der Waals surface area contributed by atoms with Gasteiger partial charge in [0.15, 0.2) is 0 Å². The van der Waals surface area contributed by atoms with E-state index in [9.17, 15) is 44.7 Å². The van der Waals surface area contributed by atoms with Gasteiger partial charge in [-0.3, -0.25) is 9.59 Å². The van der Waals surface area contributed by atoms with Crippen LogP contribution in [0.1, 0.15) is 272 Å². The van der Waals surface area contributed by atoms with Gasteiger partial charge in [-0.15, -0.1) is 47.0 Å². The summed E-state index contributed by atoms with van der Waals surface area (Å²) in [6.07, 6.45) is 1.03. The number of thioether (sulfide) groups is 4. The summed E-state index contributed by atoms with van der Waals surface area (Å²) in [6.45, 7) is 58.0. The quantitative estimate of drug-likeness (QED) is 0.0192. The van der Waals surface area contributed by atoms with E-state index in [0.717, 1.165) is 64.1 Å². The van der Waals surface area contributed by atoms with Crippen molar-refractivity contribution in [3.05, 3.63) is 153 Å². The van der Waals surface area contributed by atoms with Gasteiger partial charge in [-0.25, -0.2) is 9.59 Å². The minimum Gasteiger partial charge on any atom is -0.507 e. The largest absolute Gasteiger partial charge is 0.507 e. The zero-order chi connectivity index (χ0) is 75.9. The smallest absolute Gasteiger partial charge is 0.341 e. The Balaban J connectivity index is 0.000000364. The zero-order valence-electron chi connectivity index (χ0n) is 64.2. The van der Waals surface area contributed by atoms with Crippen LogP contribution < -0.4 is 9.47 Å². The molecular formula is C82H114O13S4. The van der Waals surface area contributed by atoms with E-state index in [-0.39, 0.29) is 87.7 Å². The molecule has 0 saturated heterocycles. The van der Waals surface area contributed by atoms with Gasteiger partial charge in [0.25, 0.3) is 0 Å². The van der Waals surface area contributed by atoms with Crippen molar-refractivity contribution in [2.75, 3.05) is 13.2 Å². The highest BCUT2D eigenvalue weighted by Crippen LogP contribution is 2.54. The molecule has 6 aromatic carbocycles. The Bertz CT molecular complexity index is 3780. The van der Waals surface area contributed by atoms with Crippen LogP contribution >= 0.6 is 47.0 Å². The van der Waals surface area contributed by atoms with Crippen LogP contribution in [-0.4, -0.2) is 75.9 Å². The van der Waals surface area contributed by atoms with E-state index in [2.05, 4.69) is 219 Å². The highest BCUT2D eigenvalue weighted by atomic mass is 32.2. The van der Waals surface area contributed by atoms with E-state index in [0.29, 0.717) is 30.1 Å². The van der Waals surface area contributed by atoms with Crippen molar-refractivity contribution in [2.45, 2.75) is 278 Å². The number of hydrogen-bond acceptors (Lipinski definition) is 16. The number of para-hydroxylation sites is 2. The lowest BCUT2D eigenvalue weighted by Crippen LogP contribution is -2.23. The first-order chi connectivity index (χ1) is 44.8. The van der Waals surface area contributed by atoms with Gasteiger partial charge in [0.05, 0.1) is 14.8 Å². The number of phenolic OH excluding ortho intramolecular Hbond substituents is 4. The second-order valence-corrected chi connectivity index (χ2v) is 41.1. The molecule has 0 aromatic heterocycles. The Kier molecular flexibility index (Phi) is 27.9. The van der Waals surface area contributed by atoms with E-state index in [1.165, 1.54) is 26.0 Å². The predicted octanol–water partition coefficient (Wildman–Crippen LogP) is 21.6. The van der Waals surface area contributed by atoms with Crippen molar-refractivity contribution in [3.8, 4) is 34.5 Å². The summed E-state index contributed by atoms with van der Waals surface area (Å²) in [5.41, 5.74) is 5.16. The number of carbonyl (C=O) groups is 4. The molecule has 0 fully saturated rings. The first kappa shape index (κ1) is 85.2. The van der Waals surface area contributed by atoms with E-state index < -0.39 is 29.3 Å². The van der Waals surface area contributed by atoms with Crippen molar-refractivity contribution < 1.29 is 64.0 Å². The van der Waals surface area contributed by atoms with Gasteiger partial charge in [0, 0.05) is 84.5 Å². The van der Waals surface area contributed by atoms with E-state index in [1.807, 2.05) is 13.8 Å². The van der Waals surface area contributed by atoms with E-state index in [1.54, 1.807) is 83.4 Å². The molecule has 13 nitrogen and oxygen atoms in total. The highest BCUT2D eigenvalue weighted by Gasteiger charge is 2.36. The second kappa shape index (κ2) is 32.4. The molecule has 0 amide bonds. The maximum atomic E-state index is 13.0. The molecule has 0 unspecified atom stereocenters. The summed E-state index contributed by atoms with van der Waals surface area (Å²) < 4.78 is 15.0. The SMILES string of the molecule is CC(=O)Oc1ccccc1C(=O)O.CC(=O)Oc1ccccc1C(=O)OCCC(C)(C)c1cc(SC(C)(C)Sc2cc(C(C)(C)C)c(O)c(C(C)(C)C)c2)cc(C(C)(C)C)c1O.CC(C)(Sc1cc(C(C)(C)C)c(O)c(C(C)(C)C)c1)Sc1cc(C(C)(C)C)c(O)c(C(C)(C)CCO)c1. The van der Waals surface area contributed by atoms with Crippen LogP contribution in [0, 0.1) is 0 Å². The first-order valence-corrected chi connectivity index (χ1v) is 36.9. The number of ether oxygens (including phenoxy) is 3. The molecule has 0 aliphatic heterocycles. The highest BCUT2D eigenvalue weighted by molar-refractivity contribution is 8.18. The molecule has 0 atom stereocenters. The van der Waals surface area contributed by atoms with Gasteiger partial charge >= 0.3 is 23.9 Å². The molecular weight excluding hydrogens is 1320 g/mol. The van der Waals surface area contributed by atoms with Crippen LogP contribution in [0.15, 0.2) is 117 Å². The van der Waals surface area contributed by atoms with Gasteiger partial charge in [-0.2, -0.15) is 0 Å². The Morgan fingerprint density at radius 1 is 0.364 bits per heavy atom. The normalized spacial score (nSPS) is 12.8. The maximum absolute atomic E-state index is 13.0. The number of esters is 3. The summed E-state index contributed by atoms with van der Waals surface area (Å²) in [7, 11) is 0. The van der Waals surface area contributed by atoms with Gasteiger partial charge in [-0.1, -0.05) is 177 Å². The number of aromatic carboxylic acids is 1. The topological polar surface area (TPSA) is 217 Å².